The van der Waals surface area contributed by atoms with Gasteiger partial charge >= 0.3 is 0 Å². The maximum atomic E-state index is 11.8. The Balaban J connectivity index is 3.93. The second-order valence-corrected chi connectivity index (χ2v) is 4.61. The average molecular weight is 273 g/mol. The minimum Gasteiger partial charge on any atom is -0.393 e. The molecule has 0 spiro atoms. The van der Waals surface area contributed by atoms with Gasteiger partial charge in [-0.25, -0.2) is 0 Å². The molecule has 2 amide bonds. The van der Waals surface area contributed by atoms with Crippen molar-refractivity contribution in [1.29, 1.82) is 0 Å². The summed E-state index contributed by atoms with van der Waals surface area (Å²) in [7, 11) is 0. The van der Waals surface area contributed by atoms with Crippen LogP contribution < -0.4 is 16.4 Å². The summed E-state index contributed by atoms with van der Waals surface area (Å²) in [6.45, 7) is 4.94. The number of hydrogen-bond donors (Lipinski definition) is 3. The van der Waals surface area contributed by atoms with Crippen molar-refractivity contribution in [2.24, 2.45) is 11.7 Å². The van der Waals surface area contributed by atoms with Crippen molar-refractivity contribution in [3.8, 4) is 0 Å². The van der Waals surface area contributed by atoms with E-state index in [1.165, 1.54) is 0 Å². The highest BCUT2D eigenvalue weighted by molar-refractivity contribution is 7.80. The highest BCUT2D eigenvalue weighted by atomic mass is 32.1. The maximum absolute atomic E-state index is 11.8. The second kappa shape index (κ2) is 9.82. The lowest BCUT2D eigenvalue weighted by Gasteiger charge is -2.14. The van der Waals surface area contributed by atoms with E-state index in [2.05, 4.69) is 10.6 Å². The summed E-state index contributed by atoms with van der Waals surface area (Å²) in [6.07, 6.45) is 2.66. The van der Waals surface area contributed by atoms with Crippen molar-refractivity contribution >= 4 is 29.0 Å². The van der Waals surface area contributed by atoms with Gasteiger partial charge < -0.3 is 16.4 Å². The molecule has 0 aromatic rings. The molecular weight excluding hydrogens is 250 g/mol. The molecule has 1 atom stereocenters. The number of carbonyl (C=O) groups excluding carboxylic acids is 2. The Morgan fingerprint density at radius 3 is 2.33 bits per heavy atom. The summed E-state index contributed by atoms with van der Waals surface area (Å²) in [4.78, 5) is 23.3. The van der Waals surface area contributed by atoms with Crippen LogP contribution >= 0.6 is 12.2 Å². The molecule has 0 aromatic carbocycles. The number of rotatable bonds is 9. The zero-order chi connectivity index (χ0) is 14.0. The van der Waals surface area contributed by atoms with Gasteiger partial charge in [-0.3, -0.25) is 9.59 Å². The lowest BCUT2D eigenvalue weighted by atomic mass is 10.0. The van der Waals surface area contributed by atoms with Gasteiger partial charge in [0, 0.05) is 19.5 Å². The fourth-order valence-corrected chi connectivity index (χ4v) is 1.69. The van der Waals surface area contributed by atoms with Gasteiger partial charge in [0.2, 0.25) is 11.8 Å². The summed E-state index contributed by atoms with van der Waals surface area (Å²) in [5.74, 6) is -0.670. The van der Waals surface area contributed by atoms with Crippen LogP contribution in [0.15, 0.2) is 0 Å². The number of nitrogens with two attached hydrogens (primary N) is 1. The van der Waals surface area contributed by atoms with Crippen LogP contribution in [0.5, 0.6) is 0 Å². The van der Waals surface area contributed by atoms with Crippen molar-refractivity contribution in [3.05, 3.63) is 0 Å². The minimum atomic E-state index is -0.427. The van der Waals surface area contributed by atoms with Crippen LogP contribution in [0.3, 0.4) is 0 Å². The molecular formula is C12H23N3O2S. The molecule has 0 aromatic heterocycles. The topological polar surface area (TPSA) is 84.2 Å². The number of carbonyl (C=O) groups is 2. The first-order valence-electron chi connectivity index (χ1n) is 6.36. The van der Waals surface area contributed by atoms with E-state index in [0.717, 1.165) is 12.8 Å². The first kappa shape index (κ1) is 16.8. The van der Waals surface area contributed by atoms with Gasteiger partial charge in [0.15, 0.2) is 0 Å². The zero-order valence-corrected chi connectivity index (χ0v) is 11.9. The van der Waals surface area contributed by atoms with Crippen molar-refractivity contribution in [3.63, 3.8) is 0 Å². The summed E-state index contributed by atoms with van der Waals surface area (Å²) < 4.78 is 0. The van der Waals surface area contributed by atoms with Gasteiger partial charge in [-0.2, -0.15) is 0 Å². The smallest absolute Gasteiger partial charge is 0.229 e. The van der Waals surface area contributed by atoms with Crippen molar-refractivity contribution in [1.82, 2.24) is 10.6 Å². The summed E-state index contributed by atoms with van der Waals surface area (Å²) in [5.41, 5.74) is 5.51. The van der Waals surface area contributed by atoms with Crippen LogP contribution in [0, 0.1) is 5.92 Å². The minimum absolute atomic E-state index is 0.0560. The number of nitrogens with one attached hydrogen (secondary N) is 2. The summed E-state index contributed by atoms with van der Waals surface area (Å²) in [5, 5.41) is 5.43. The lowest BCUT2D eigenvalue weighted by Crippen LogP contribution is -2.39. The van der Waals surface area contributed by atoms with Gasteiger partial charge in [0.25, 0.3) is 0 Å². The molecule has 0 radical (unpaired) electrons. The van der Waals surface area contributed by atoms with E-state index in [1.54, 1.807) is 0 Å². The number of amides is 2. The number of hydrogen-bond acceptors (Lipinski definition) is 3. The standard InChI is InChI=1S/C12H23N3O2S/c1-3-5-9(11(13)18)12(17)15-8-6-10(16)14-7-4-2/h9H,3-8H2,1-2H3,(H2,13,18)(H,14,16)(H,15,17). The van der Waals surface area contributed by atoms with Crippen LogP contribution in [0.2, 0.25) is 0 Å². The molecule has 0 heterocycles. The van der Waals surface area contributed by atoms with E-state index in [-0.39, 0.29) is 23.2 Å². The molecule has 0 aliphatic heterocycles. The molecule has 0 fully saturated rings. The SMILES string of the molecule is CCCNC(=O)CCNC(=O)C(CCC)C(N)=S. The first-order chi connectivity index (χ1) is 8.52. The molecule has 0 rings (SSSR count). The van der Waals surface area contributed by atoms with E-state index in [1.807, 2.05) is 13.8 Å². The van der Waals surface area contributed by atoms with Crippen LogP contribution in [0.4, 0.5) is 0 Å². The van der Waals surface area contributed by atoms with Gasteiger partial charge in [-0.1, -0.05) is 32.5 Å². The Hall–Kier alpha value is -1.17. The molecule has 6 heteroatoms. The summed E-state index contributed by atoms with van der Waals surface area (Å²) in [6, 6.07) is 0. The van der Waals surface area contributed by atoms with Gasteiger partial charge in [-0.15, -0.1) is 0 Å². The fourth-order valence-electron chi connectivity index (χ4n) is 1.47. The predicted molar refractivity (Wildman–Crippen MR) is 76.1 cm³/mol. The quantitative estimate of drug-likeness (QED) is 0.541. The monoisotopic (exact) mass is 273 g/mol. The van der Waals surface area contributed by atoms with Gasteiger partial charge in [0.1, 0.15) is 0 Å². The molecule has 0 aliphatic rings. The second-order valence-electron chi connectivity index (χ2n) is 4.13. The van der Waals surface area contributed by atoms with E-state index in [0.29, 0.717) is 19.5 Å². The van der Waals surface area contributed by atoms with Gasteiger partial charge in [-0.05, 0) is 12.8 Å². The van der Waals surface area contributed by atoms with E-state index >= 15 is 0 Å². The largest absolute Gasteiger partial charge is 0.393 e. The highest BCUT2D eigenvalue weighted by Crippen LogP contribution is 2.06. The molecule has 5 nitrogen and oxygen atoms in total. The molecule has 1 unspecified atom stereocenters. The fraction of sp³-hybridized carbons (Fsp3) is 0.750. The first-order valence-corrected chi connectivity index (χ1v) is 6.77. The van der Waals surface area contributed by atoms with Crippen LogP contribution in [0.1, 0.15) is 39.5 Å². The third-order valence-corrected chi connectivity index (χ3v) is 2.75. The molecule has 0 bridgehead atoms. The predicted octanol–water partition coefficient (Wildman–Crippen LogP) is 0.721. The van der Waals surface area contributed by atoms with Crippen molar-refractivity contribution in [2.45, 2.75) is 39.5 Å². The van der Waals surface area contributed by atoms with Crippen LogP contribution in [0.25, 0.3) is 0 Å². The molecule has 0 saturated carbocycles. The van der Waals surface area contributed by atoms with Gasteiger partial charge in [0.05, 0.1) is 10.9 Å². The normalized spacial score (nSPS) is 11.7. The molecule has 0 aliphatic carbocycles. The van der Waals surface area contributed by atoms with E-state index in [4.69, 9.17) is 18.0 Å². The van der Waals surface area contributed by atoms with Crippen molar-refractivity contribution < 1.29 is 9.59 Å². The van der Waals surface area contributed by atoms with Crippen LogP contribution in [-0.4, -0.2) is 29.9 Å². The third kappa shape index (κ3) is 7.21. The van der Waals surface area contributed by atoms with Crippen molar-refractivity contribution in [2.75, 3.05) is 13.1 Å². The summed E-state index contributed by atoms with van der Waals surface area (Å²) >= 11 is 4.86. The third-order valence-electron chi connectivity index (χ3n) is 2.46. The Bertz CT molecular complexity index is 295. The average Bonchev–Trinajstić information content (AvgIpc) is 2.32. The van der Waals surface area contributed by atoms with Crippen LogP contribution in [-0.2, 0) is 9.59 Å². The molecule has 104 valence electrons. The maximum Gasteiger partial charge on any atom is 0.229 e. The van der Waals surface area contributed by atoms with E-state index in [9.17, 15) is 9.59 Å². The number of thiocarbonyl (C=S) groups is 1. The Morgan fingerprint density at radius 2 is 1.83 bits per heavy atom. The molecule has 18 heavy (non-hydrogen) atoms. The Morgan fingerprint density at radius 1 is 1.17 bits per heavy atom. The Labute approximate surface area is 114 Å². The lowest BCUT2D eigenvalue weighted by molar-refractivity contribution is -0.123. The molecule has 4 N–H and O–H groups in total. The molecule has 0 saturated heterocycles. The highest BCUT2D eigenvalue weighted by Gasteiger charge is 2.19. The zero-order valence-electron chi connectivity index (χ0n) is 11.1. The van der Waals surface area contributed by atoms with E-state index < -0.39 is 5.92 Å². The Kier molecular flexibility index (Phi) is 9.18.